The molecule has 142 valence electrons. The van der Waals surface area contributed by atoms with Crippen LogP contribution in [-0.2, 0) is 19.6 Å². The van der Waals surface area contributed by atoms with Crippen molar-refractivity contribution >= 4 is 33.6 Å². The predicted octanol–water partition coefficient (Wildman–Crippen LogP) is 2.59. The normalized spacial score (nSPS) is 17.2. The van der Waals surface area contributed by atoms with Gasteiger partial charge in [-0.05, 0) is 31.2 Å². The molecule has 27 heavy (non-hydrogen) atoms. The van der Waals surface area contributed by atoms with Crippen LogP contribution in [0.5, 0.6) is 0 Å². The predicted molar refractivity (Wildman–Crippen MR) is 101 cm³/mol. The molecule has 9 heteroatoms. The summed E-state index contributed by atoms with van der Waals surface area (Å²) in [5, 5.41) is 0. The van der Waals surface area contributed by atoms with Gasteiger partial charge in [0.25, 0.3) is 10.0 Å². The zero-order valence-corrected chi connectivity index (χ0v) is 16.0. The van der Waals surface area contributed by atoms with E-state index in [-0.39, 0.29) is 23.2 Å². The van der Waals surface area contributed by atoms with Gasteiger partial charge in [0.1, 0.15) is 24.3 Å². The van der Waals surface area contributed by atoms with Crippen molar-refractivity contribution in [3.8, 4) is 0 Å². The number of fused-ring (bicyclic) bond motifs is 1. The summed E-state index contributed by atoms with van der Waals surface area (Å²) in [6.45, 7) is 1.61. The Hall–Kier alpha value is -2.39. The number of amidine groups is 1. The fraction of sp³-hybridized carbons (Fsp3) is 0.222. The molecule has 0 radical (unpaired) electrons. The van der Waals surface area contributed by atoms with Crippen LogP contribution in [0.25, 0.3) is 0 Å². The Morgan fingerprint density at radius 1 is 1.22 bits per heavy atom. The molecule has 0 aliphatic carbocycles. The first kappa shape index (κ1) is 19.4. The summed E-state index contributed by atoms with van der Waals surface area (Å²) in [6.07, 6.45) is 0. The largest absolute Gasteiger partial charge is 0.463 e. The summed E-state index contributed by atoms with van der Waals surface area (Å²) < 4.78 is 45.1. The first-order valence-electron chi connectivity index (χ1n) is 8.12. The van der Waals surface area contributed by atoms with Gasteiger partial charge in [0.2, 0.25) is 0 Å². The Kier molecular flexibility index (Phi) is 5.81. The van der Waals surface area contributed by atoms with E-state index in [0.717, 1.165) is 0 Å². The molecule has 0 spiro atoms. The highest BCUT2D eigenvalue weighted by Gasteiger charge is 2.31. The lowest BCUT2D eigenvalue weighted by molar-refractivity contribution is -0.143. The lowest BCUT2D eigenvalue weighted by Gasteiger charge is -2.09. The van der Waals surface area contributed by atoms with Gasteiger partial charge in [-0.25, -0.2) is 17.6 Å². The van der Waals surface area contributed by atoms with Gasteiger partial charge in [0.05, 0.1) is 4.90 Å². The van der Waals surface area contributed by atoms with E-state index in [1.807, 2.05) is 0 Å². The smallest absolute Gasteiger partial charge is 0.330 e. The Balaban J connectivity index is 1.57. The zero-order chi connectivity index (χ0) is 19.4. The molecule has 1 atom stereocenters. The van der Waals surface area contributed by atoms with E-state index >= 15 is 0 Å². The average Bonchev–Trinajstić information content (AvgIpc) is 2.90. The number of ether oxygens (including phenoxy) is 1. The topological polar surface area (TPSA) is 84.8 Å². The highest BCUT2D eigenvalue weighted by molar-refractivity contribution is 7.99. The number of aliphatic imine (C=N–C) groups is 1. The Bertz CT molecular complexity index is 992. The maximum Gasteiger partial charge on any atom is 0.330 e. The van der Waals surface area contributed by atoms with Crippen molar-refractivity contribution in [1.82, 2.24) is 4.72 Å². The summed E-state index contributed by atoms with van der Waals surface area (Å²) in [6, 6.07) is 11.9. The quantitative estimate of drug-likeness (QED) is 0.451. The summed E-state index contributed by atoms with van der Waals surface area (Å²) in [5.74, 6) is -0.386. The van der Waals surface area contributed by atoms with Gasteiger partial charge in [-0.2, -0.15) is 0 Å². The minimum atomic E-state index is -3.65. The molecule has 0 aromatic heterocycles. The van der Waals surface area contributed by atoms with E-state index in [1.165, 1.54) is 30.8 Å². The summed E-state index contributed by atoms with van der Waals surface area (Å²) in [4.78, 5) is 16.9. The standard InChI is InChI=1S/C18H17FN2O4S2/c1-12(18(22)25-10-11-26-15-8-4-3-7-14(15)19)20-17-13-6-2-5-9-16(13)27(23,24)21-17/h2-9,12H,10-11H2,1H3,(H,20,21)/t12-/m0/s1. The molecular formula is C18H17FN2O4S2. The van der Waals surface area contributed by atoms with E-state index in [4.69, 9.17) is 4.74 Å². The molecule has 1 heterocycles. The molecule has 3 rings (SSSR count). The van der Waals surface area contributed by atoms with Gasteiger partial charge < -0.3 is 4.74 Å². The number of rotatable bonds is 6. The fourth-order valence-electron chi connectivity index (χ4n) is 2.45. The molecular weight excluding hydrogens is 391 g/mol. The lowest BCUT2D eigenvalue weighted by atomic mass is 10.2. The zero-order valence-electron chi connectivity index (χ0n) is 14.4. The molecule has 0 unspecified atom stereocenters. The minimum absolute atomic E-state index is 0.0926. The molecule has 0 fully saturated rings. The van der Waals surface area contributed by atoms with Crippen LogP contribution in [0.2, 0.25) is 0 Å². The van der Waals surface area contributed by atoms with Crippen LogP contribution in [0.4, 0.5) is 4.39 Å². The monoisotopic (exact) mass is 408 g/mol. The third-order valence-corrected chi connectivity index (χ3v) is 6.16. The van der Waals surface area contributed by atoms with Gasteiger partial charge >= 0.3 is 5.97 Å². The maximum atomic E-state index is 13.5. The molecule has 0 bridgehead atoms. The van der Waals surface area contributed by atoms with Crippen LogP contribution in [0.3, 0.4) is 0 Å². The SMILES string of the molecule is C[C@H](N=C1NS(=O)(=O)c2ccccc21)C(=O)OCCSc1ccccc1F. The van der Waals surface area contributed by atoms with Crippen molar-refractivity contribution in [3.63, 3.8) is 0 Å². The van der Waals surface area contributed by atoms with E-state index in [2.05, 4.69) is 9.71 Å². The van der Waals surface area contributed by atoms with E-state index in [9.17, 15) is 17.6 Å². The van der Waals surface area contributed by atoms with E-state index in [1.54, 1.807) is 36.4 Å². The molecule has 0 amide bonds. The molecule has 0 saturated carbocycles. The van der Waals surface area contributed by atoms with Crippen molar-refractivity contribution in [1.29, 1.82) is 0 Å². The van der Waals surface area contributed by atoms with Crippen LogP contribution in [0.1, 0.15) is 12.5 Å². The second-order valence-electron chi connectivity index (χ2n) is 5.70. The number of hydrogen-bond donors (Lipinski definition) is 1. The average molecular weight is 408 g/mol. The van der Waals surface area contributed by atoms with Crippen LogP contribution in [-0.4, -0.2) is 38.6 Å². The van der Waals surface area contributed by atoms with Crippen LogP contribution in [0, 0.1) is 5.82 Å². The summed E-state index contributed by atoms with van der Waals surface area (Å²) >= 11 is 1.24. The molecule has 2 aromatic rings. The van der Waals surface area contributed by atoms with Crippen molar-refractivity contribution in [2.45, 2.75) is 22.8 Å². The molecule has 1 aliphatic rings. The fourth-order valence-corrected chi connectivity index (χ4v) is 4.46. The Morgan fingerprint density at radius 3 is 2.70 bits per heavy atom. The number of hydrogen-bond acceptors (Lipinski definition) is 6. The number of carbonyl (C=O) groups is 1. The first-order valence-corrected chi connectivity index (χ1v) is 10.6. The number of esters is 1. The molecule has 0 saturated heterocycles. The molecule has 2 aromatic carbocycles. The van der Waals surface area contributed by atoms with Gasteiger partial charge in [0, 0.05) is 16.2 Å². The first-order chi connectivity index (χ1) is 12.9. The highest BCUT2D eigenvalue weighted by atomic mass is 32.2. The third-order valence-electron chi connectivity index (χ3n) is 3.75. The van der Waals surface area contributed by atoms with Gasteiger partial charge in [0.15, 0.2) is 0 Å². The summed E-state index contributed by atoms with van der Waals surface area (Å²) in [7, 11) is -3.65. The Morgan fingerprint density at radius 2 is 1.93 bits per heavy atom. The van der Waals surface area contributed by atoms with Gasteiger partial charge in [-0.1, -0.05) is 24.3 Å². The lowest BCUT2D eigenvalue weighted by Crippen LogP contribution is -2.27. The molecule has 1 N–H and O–H groups in total. The number of sulfonamides is 1. The van der Waals surface area contributed by atoms with Gasteiger partial charge in [-0.3, -0.25) is 9.71 Å². The Labute approximate surface area is 160 Å². The van der Waals surface area contributed by atoms with Crippen LogP contribution < -0.4 is 4.72 Å². The minimum Gasteiger partial charge on any atom is -0.463 e. The van der Waals surface area contributed by atoms with E-state index in [0.29, 0.717) is 16.2 Å². The number of halogens is 1. The van der Waals surface area contributed by atoms with Crippen LogP contribution >= 0.6 is 11.8 Å². The molecule has 1 aliphatic heterocycles. The number of thioether (sulfide) groups is 1. The second-order valence-corrected chi connectivity index (χ2v) is 8.49. The van der Waals surface area contributed by atoms with Crippen molar-refractivity contribution < 1.29 is 22.3 Å². The van der Waals surface area contributed by atoms with Crippen molar-refractivity contribution in [3.05, 3.63) is 59.9 Å². The second kappa shape index (κ2) is 8.10. The molecule has 6 nitrogen and oxygen atoms in total. The highest BCUT2D eigenvalue weighted by Crippen LogP contribution is 2.23. The summed E-state index contributed by atoms with van der Waals surface area (Å²) in [5.41, 5.74) is 0.423. The number of benzene rings is 2. The maximum absolute atomic E-state index is 13.5. The van der Waals surface area contributed by atoms with Crippen molar-refractivity contribution in [2.24, 2.45) is 4.99 Å². The third kappa shape index (κ3) is 4.48. The van der Waals surface area contributed by atoms with Crippen molar-refractivity contribution in [2.75, 3.05) is 12.4 Å². The number of carbonyl (C=O) groups excluding carboxylic acids is 1. The van der Waals surface area contributed by atoms with Crippen LogP contribution in [0.15, 0.2) is 63.3 Å². The number of nitrogens with one attached hydrogen (secondary N) is 1. The van der Waals surface area contributed by atoms with Gasteiger partial charge in [-0.15, -0.1) is 11.8 Å². The number of nitrogens with zero attached hydrogens (tertiary/aromatic N) is 1. The van der Waals surface area contributed by atoms with E-state index < -0.39 is 22.0 Å².